The fourth-order valence-electron chi connectivity index (χ4n) is 3.36. The van der Waals surface area contributed by atoms with Gasteiger partial charge in [-0.3, -0.25) is 0 Å². The highest BCUT2D eigenvalue weighted by molar-refractivity contribution is 7.22. The van der Waals surface area contributed by atoms with Crippen LogP contribution in [0, 0.1) is 5.82 Å². The first-order valence-electron chi connectivity index (χ1n) is 10.1. The van der Waals surface area contributed by atoms with Gasteiger partial charge in [0.05, 0.1) is 31.6 Å². The van der Waals surface area contributed by atoms with Gasteiger partial charge in [-0.25, -0.2) is 9.18 Å². The third-order valence-electron chi connectivity index (χ3n) is 5.06. The molecular weight excluding hydrogens is 459 g/mol. The van der Waals surface area contributed by atoms with Crippen LogP contribution < -0.4 is 14.2 Å². The second-order valence-electron chi connectivity index (χ2n) is 7.16. The summed E-state index contributed by atoms with van der Waals surface area (Å²) in [6, 6.07) is 15.0. The van der Waals surface area contributed by atoms with E-state index in [4.69, 9.17) is 14.2 Å². The Balaban J connectivity index is 1.79. The van der Waals surface area contributed by atoms with Crippen molar-refractivity contribution in [3.63, 3.8) is 0 Å². The molecule has 6 nitrogen and oxygen atoms in total. The van der Waals surface area contributed by atoms with Gasteiger partial charge in [0.2, 0.25) is 0 Å². The Labute approximate surface area is 199 Å². The molecule has 4 rings (SSSR count). The average Bonchev–Trinajstić information content (AvgIpc) is 3.21. The molecular formula is C26H21FO6S. The van der Waals surface area contributed by atoms with Crippen molar-refractivity contribution in [1.29, 1.82) is 0 Å². The number of aromatic hydroxyl groups is 1. The molecule has 3 aromatic carbocycles. The smallest absolute Gasteiger partial charge is 0.330 e. The molecule has 4 aromatic rings. The molecule has 0 atom stereocenters. The zero-order valence-electron chi connectivity index (χ0n) is 18.6. The number of ether oxygens (including phenoxy) is 4. The van der Waals surface area contributed by atoms with Gasteiger partial charge >= 0.3 is 5.97 Å². The molecule has 1 N–H and O–H groups in total. The summed E-state index contributed by atoms with van der Waals surface area (Å²) >= 11 is 1.34. The fourth-order valence-corrected chi connectivity index (χ4v) is 4.54. The number of phenols is 1. The third kappa shape index (κ3) is 4.67. The lowest BCUT2D eigenvalue weighted by Gasteiger charge is -2.10. The SMILES string of the molecule is COC(=O)/C=C/c1ccc(Oc2c(-c3ccc(OC)c(F)c3)sc3cc(OC)cc(O)c23)cc1. The lowest BCUT2D eigenvalue weighted by atomic mass is 10.1. The minimum Gasteiger partial charge on any atom is -0.507 e. The van der Waals surface area contributed by atoms with Gasteiger partial charge < -0.3 is 24.1 Å². The Bertz CT molecular complexity index is 1370. The summed E-state index contributed by atoms with van der Waals surface area (Å²) in [5, 5.41) is 11.2. The largest absolute Gasteiger partial charge is 0.507 e. The van der Waals surface area contributed by atoms with E-state index in [0.717, 1.165) is 10.3 Å². The molecule has 0 radical (unpaired) electrons. The number of carbonyl (C=O) groups is 1. The Kier molecular flexibility index (Phi) is 6.70. The maximum atomic E-state index is 14.5. The fraction of sp³-hybridized carbons (Fsp3) is 0.115. The predicted molar refractivity (Wildman–Crippen MR) is 130 cm³/mol. The monoisotopic (exact) mass is 480 g/mol. The Morgan fingerprint density at radius 2 is 1.74 bits per heavy atom. The van der Waals surface area contributed by atoms with Crippen LogP contribution in [0.15, 0.2) is 60.7 Å². The van der Waals surface area contributed by atoms with Crippen molar-refractivity contribution in [2.75, 3.05) is 21.3 Å². The first-order chi connectivity index (χ1) is 16.4. The molecule has 34 heavy (non-hydrogen) atoms. The molecule has 0 aliphatic heterocycles. The highest BCUT2D eigenvalue weighted by Crippen LogP contribution is 2.51. The molecule has 0 saturated heterocycles. The molecule has 174 valence electrons. The molecule has 0 amide bonds. The molecule has 8 heteroatoms. The molecule has 0 aliphatic carbocycles. The molecule has 0 spiro atoms. The number of fused-ring (bicyclic) bond motifs is 1. The van der Waals surface area contributed by atoms with Crippen LogP contribution in [0.2, 0.25) is 0 Å². The van der Waals surface area contributed by atoms with Crippen molar-refractivity contribution in [2.24, 2.45) is 0 Å². The number of carbonyl (C=O) groups excluding carboxylic acids is 1. The minimum absolute atomic E-state index is 0.0153. The first-order valence-corrected chi connectivity index (χ1v) is 11.0. The van der Waals surface area contributed by atoms with E-state index in [1.807, 2.05) is 0 Å². The topological polar surface area (TPSA) is 74.2 Å². The number of hydrogen-bond donors (Lipinski definition) is 1. The van der Waals surface area contributed by atoms with Crippen LogP contribution >= 0.6 is 11.3 Å². The summed E-state index contributed by atoms with van der Waals surface area (Å²) in [6.45, 7) is 0. The van der Waals surface area contributed by atoms with Crippen LogP contribution in [-0.4, -0.2) is 32.4 Å². The van der Waals surface area contributed by atoms with E-state index in [9.17, 15) is 14.3 Å². The normalized spacial score (nSPS) is 11.1. The van der Waals surface area contributed by atoms with Gasteiger partial charge in [0, 0.05) is 16.8 Å². The number of benzene rings is 3. The van der Waals surface area contributed by atoms with Crippen LogP contribution in [0.5, 0.6) is 28.7 Å². The summed E-state index contributed by atoms with van der Waals surface area (Å²) in [5.41, 5.74) is 1.35. The van der Waals surface area contributed by atoms with Crippen molar-refractivity contribution in [1.82, 2.24) is 0 Å². The molecule has 1 heterocycles. The van der Waals surface area contributed by atoms with Gasteiger partial charge in [-0.05, 0) is 53.6 Å². The molecule has 0 unspecified atom stereocenters. The van der Waals surface area contributed by atoms with E-state index in [2.05, 4.69) is 4.74 Å². The highest BCUT2D eigenvalue weighted by atomic mass is 32.1. The van der Waals surface area contributed by atoms with E-state index in [1.165, 1.54) is 50.9 Å². The summed E-state index contributed by atoms with van der Waals surface area (Å²) in [7, 11) is 4.23. The number of methoxy groups -OCH3 is 3. The Morgan fingerprint density at radius 1 is 0.971 bits per heavy atom. The standard InChI is InChI=1S/C26H21FO6S/c1-30-18-13-20(28)24-22(14-18)34-26(16-7-10-21(31-2)19(27)12-16)25(24)33-17-8-4-15(5-9-17)6-11-23(29)32-3/h4-14,28H,1-3H3/b11-6+. The lowest BCUT2D eigenvalue weighted by molar-refractivity contribution is -0.134. The first kappa shape index (κ1) is 23.1. The minimum atomic E-state index is -0.507. The second-order valence-corrected chi connectivity index (χ2v) is 8.21. The van der Waals surface area contributed by atoms with Crippen LogP contribution in [0.4, 0.5) is 4.39 Å². The van der Waals surface area contributed by atoms with E-state index in [0.29, 0.717) is 33.1 Å². The molecule has 0 bridgehead atoms. The van der Waals surface area contributed by atoms with Gasteiger partial charge in [0.1, 0.15) is 17.2 Å². The van der Waals surface area contributed by atoms with Crippen LogP contribution in [0.3, 0.4) is 0 Å². The zero-order valence-corrected chi connectivity index (χ0v) is 19.4. The number of rotatable bonds is 7. The second kappa shape index (κ2) is 9.84. The van der Waals surface area contributed by atoms with Gasteiger partial charge in [-0.15, -0.1) is 11.3 Å². The number of esters is 1. The van der Waals surface area contributed by atoms with Crippen molar-refractivity contribution in [3.8, 4) is 39.2 Å². The van der Waals surface area contributed by atoms with Gasteiger partial charge in [-0.1, -0.05) is 12.1 Å². The van der Waals surface area contributed by atoms with Gasteiger partial charge in [0.15, 0.2) is 17.3 Å². The summed E-state index contributed by atoms with van der Waals surface area (Å²) in [6.07, 6.45) is 2.95. The van der Waals surface area contributed by atoms with Crippen LogP contribution in [-0.2, 0) is 9.53 Å². The van der Waals surface area contributed by atoms with E-state index in [-0.39, 0.29) is 11.5 Å². The predicted octanol–water partition coefficient (Wildman–Crippen LogP) is 6.41. The van der Waals surface area contributed by atoms with Gasteiger partial charge in [-0.2, -0.15) is 0 Å². The number of halogens is 1. The number of hydrogen-bond acceptors (Lipinski definition) is 7. The van der Waals surface area contributed by atoms with Crippen molar-refractivity contribution in [3.05, 3.63) is 72.1 Å². The maximum Gasteiger partial charge on any atom is 0.330 e. The van der Waals surface area contributed by atoms with E-state index < -0.39 is 11.8 Å². The Morgan fingerprint density at radius 3 is 2.38 bits per heavy atom. The average molecular weight is 481 g/mol. The lowest BCUT2D eigenvalue weighted by Crippen LogP contribution is -1.93. The van der Waals surface area contributed by atoms with Crippen molar-refractivity contribution in [2.45, 2.75) is 0 Å². The third-order valence-corrected chi connectivity index (χ3v) is 6.23. The van der Waals surface area contributed by atoms with Crippen LogP contribution in [0.1, 0.15) is 5.56 Å². The summed E-state index contributed by atoms with van der Waals surface area (Å²) < 4.78 is 36.3. The molecule has 0 fully saturated rings. The molecule has 0 saturated carbocycles. The number of thiophene rings is 1. The van der Waals surface area contributed by atoms with Crippen LogP contribution in [0.25, 0.3) is 26.6 Å². The number of phenolic OH excluding ortho intramolecular Hbond substituents is 1. The summed E-state index contributed by atoms with van der Waals surface area (Å²) in [5.74, 6) is 0.542. The molecule has 0 aliphatic rings. The zero-order chi connectivity index (χ0) is 24.2. The highest BCUT2D eigenvalue weighted by Gasteiger charge is 2.21. The van der Waals surface area contributed by atoms with Crippen molar-refractivity contribution < 1.29 is 33.2 Å². The van der Waals surface area contributed by atoms with Gasteiger partial charge in [0.25, 0.3) is 0 Å². The quantitative estimate of drug-likeness (QED) is 0.243. The maximum absolute atomic E-state index is 14.5. The Hall–Kier alpha value is -4.04. The van der Waals surface area contributed by atoms with E-state index >= 15 is 0 Å². The summed E-state index contributed by atoms with van der Waals surface area (Å²) in [4.78, 5) is 11.9. The van der Waals surface area contributed by atoms with E-state index in [1.54, 1.807) is 48.5 Å². The van der Waals surface area contributed by atoms with Crippen molar-refractivity contribution >= 4 is 33.5 Å². The molecule has 1 aromatic heterocycles.